The highest BCUT2D eigenvalue weighted by molar-refractivity contribution is 7.14. The number of imide groups is 1. The van der Waals surface area contributed by atoms with Crippen LogP contribution in [0.1, 0.15) is 63.6 Å². The molecule has 15 nitrogen and oxygen atoms in total. The summed E-state index contributed by atoms with van der Waals surface area (Å²) in [6.45, 7) is 7.50. The summed E-state index contributed by atoms with van der Waals surface area (Å²) in [5, 5.41) is 8.88. The predicted octanol–water partition coefficient (Wildman–Crippen LogP) is 3.11. The van der Waals surface area contributed by atoms with E-state index in [1.54, 1.807) is 69.3 Å². The number of alkyl halides is 1. The van der Waals surface area contributed by atoms with Crippen LogP contribution >= 0.6 is 22.9 Å². The van der Waals surface area contributed by atoms with Crippen LogP contribution in [0, 0.1) is 0 Å². The van der Waals surface area contributed by atoms with Crippen LogP contribution in [0.5, 0.6) is 0 Å². The number of anilines is 1. The Morgan fingerprint density at radius 2 is 1.58 bits per heavy atom. The number of β-lactam (4-membered cyclic amide) rings is 1. The van der Waals surface area contributed by atoms with Gasteiger partial charge in [0.15, 0.2) is 22.9 Å². The van der Waals surface area contributed by atoms with Crippen LogP contribution < -0.4 is 21.8 Å². The zero-order chi connectivity index (χ0) is 36.8. The summed E-state index contributed by atoms with van der Waals surface area (Å²) in [6, 6.07) is 15.1. The van der Waals surface area contributed by atoms with Gasteiger partial charge in [0.2, 0.25) is 11.8 Å². The van der Waals surface area contributed by atoms with E-state index in [0.29, 0.717) is 11.1 Å². The van der Waals surface area contributed by atoms with E-state index in [-0.39, 0.29) is 21.7 Å². The first kappa shape index (κ1) is 37.9. The maximum atomic E-state index is 13.8. The minimum atomic E-state index is -1.81. The maximum Gasteiger partial charge on any atom is 0.431 e. The number of nitrogens with zero attached hydrogens (tertiary/aromatic N) is 2. The fraction of sp³-hybridized carbons (Fsp3) is 0.364. The van der Waals surface area contributed by atoms with Gasteiger partial charge in [0.1, 0.15) is 23.6 Å². The summed E-state index contributed by atoms with van der Waals surface area (Å²) < 4.78 is 17.2. The van der Waals surface area contributed by atoms with E-state index in [1.165, 1.54) is 19.2 Å². The van der Waals surface area contributed by atoms with Gasteiger partial charge in [-0.25, -0.2) is 20.4 Å². The number of rotatable bonds is 12. The molecule has 266 valence electrons. The molecule has 1 aliphatic rings. The molecule has 3 atom stereocenters. The first-order chi connectivity index (χ1) is 23.5. The first-order valence-corrected chi connectivity index (χ1v) is 16.6. The second kappa shape index (κ2) is 15.8. The third-order valence-corrected chi connectivity index (χ3v) is 8.05. The van der Waals surface area contributed by atoms with Crippen molar-refractivity contribution in [1.82, 2.24) is 20.6 Å². The Balaban J connectivity index is 1.58. The maximum absolute atomic E-state index is 13.8. The molecule has 1 unspecified atom stereocenters. The molecular formula is C33H37ClN6O9S. The number of benzene rings is 2. The number of ether oxygens (including phenoxy) is 3. The van der Waals surface area contributed by atoms with Gasteiger partial charge in [-0.1, -0.05) is 60.7 Å². The summed E-state index contributed by atoms with van der Waals surface area (Å²) in [4.78, 5) is 81.7. The van der Waals surface area contributed by atoms with Crippen molar-refractivity contribution in [2.75, 3.05) is 11.2 Å². The van der Waals surface area contributed by atoms with Crippen LogP contribution in [0.25, 0.3) is 0 Å². The molecule has 0 saturated carbocycles. The van der Waals surface area contributed by atoms with Crippen molar-refractivity contribution in [2.24, 2.45) is 5.84 Å². The zero-order valence-electron chi connectivity index (χ0n) is 27.8. The molecule has 17 heteroatoms. The molecule has 0 radical (unpaired) electrons. The Kier molecular flexibility index (Phi) is 11.9. The van der Waals surface area contributed by atoms with Crippen molar-refractivity contribution < 1.29 is 43.0 Å². The van der Waals surface area contributed by atoms with Crippen molar-refractivity contribution in [3.63, 3.8) is 0 Å². The number of nitrogens with one attached hydrogen (secondary N) is 3. The van der Waals surface area contributed by atoms with Crippen molar-refractivity contribution >= 4 is 63.8 Å². The van der Waals surface area contributed by atoms with Crippen LogP contribution in [0.15, 0.2) is 66.0 Å². The molecule has 0 bridgehead atoms. The number of esters is 1. The number of halogens is 1. The number of carbonyl (C=O) groups is 6. The van der Waals surface area contributed by atoms with Gasteiger partial charge in [0.05, 0.1) is 5.69 Å². The lowest BCUT2D eigenvalue weighted by atomic mass is 9.97. The van der Waals surface area contributed by atoms with E-state index in [2.05, 4.69) is 20.9 Å². The van der Waals surface area contributed by atoms with Crippen molar-refractivity contribution in [3.05, 3.63) is 82.9 Å². The Morgan fingerprint density at radius 3 is 2.10 bits per heavy atom. The van der Waals surface area contributed by atoms with Crippen LogP contribution in [-0.2, 0) is 38.2 Å². The van der Waals surface area contributed by atoms with Crippen molar-refractivity contribution in [2.45, 2.75) is 70.1 Å². The van der Waals surface area contributed by atoms with Crippen molar-refractivity contribution in [1.29, 1.82) is 0 Å². The SMILES string of the molecule is CC(C)(C)OC(=O)N(N)C(=O)[C@@H]1NC(=O)[C@@H]1NC(=O)C(OC(C)(C)C(=O)OC(c1ccccc1)c1ccccc1)c1csc(NC(=O)CCl)n1. The molecule has 50 heavy (non-hydrogen) atoms. The largest absolute Gasteiger partial charge is 0.450 e. The summed E-state index contributed by atoms with van der Waals surface area (Å²) in [6.07, 6.45) is -3.67. The first-order valence-electron chi connectivity index (χ1n) is 15.2. The van der Waals surface area contributed by atoms with Gasteiger partial charge >= 0.3 is 12.1 Å². The lowest BCUT2D eigenvalue weighted by Gasteiger charge is -2.38. The second-order valence-corrected chi connectivity index (χ2v) is 13.7. The fourth-order valence-electron chi connectivity index (χ4n) is 4.56. The van der Waals surface area contributed by atoms with E-state index in [9.17, 15) is 28.8 Å². The van der Waals surface area contributed by atoms with Gasteiger partial charge in [-0.15, -0.1) is 22.9 Å². The molecule has 2 aromatic carbocycles. The van der Waals surface area contributed by atoms with Gasteiger partial charge in [0.25, 0.3) is 11.8 Å². The third-order valence-electron chi connectivity index (χ3n) is 7.04. The average Bonchev–Trinajstić information content (AvgIpc) is 3.54. The van der Waals surface area contributed by atoms with E-state index in [4.69, 9.17) is 31.7 Å². The quantitative estimate of drug-likeness (QED) is 0.0532. The number of hydrazine groups is 1. The number of hydrogen-bond donors (Lipinski definition) is 4. The normalized spacial score (nSPS) is 16.4. The Hall–Kier alpha value is -4.90. The van der Waals surface area contributed by atoms with Gasteiger partial charge in [-0.3, -0.25) is 19.2 Å². The molecule has 3 aromatic rings. The minimum absolute atomic E-state index is 0.0438. The topological polar surface area (TPSA) is 208 Å². The van der Waals surface area contributed by atoms with E-state index in [1.807, 2.05) is 12.1 Å². The smallest absolute Gasteiger partial charge is 0.431 e. The lowest BCUT2D eigenvalue weighted by Crippen LogP contribution is -2.75. The number of amides is 5. The molecule has 1 fully saturated rings. The van der Waals surface area contributed by atoms with Crippen LogP contribution in [0.2, 0.25) is 0 Å². The molecule has 4 rings (SSSR count). The third kappa shape index (κ3) is 9.41. The zero-order valence-corrected chi connectivity index (χ0v) is 29.4. The van der Waals surface area contributed by atoms with Gasteiger partial charge in [-0.2, -0.15) is 5.01 Å². The predicted molar refractivity (Wildman–Crippen MR) is 181 cm³/mol. The monoisotopic (exact) mass is 728 g/mol. The highest BCUT2D eigenvalue weighted by Gasteiger charge is 2.49. The standard InChI is InChI=1S/C33H37ClN6O9S/c1-32(2,3)49-31(46)40(35)28(44)23-22(26(42)39-23)38-27(43)25(20-17-50-30(36-20)37-21(41)16-34)48-33(4,5)29(45)47-24(18-12-8-6-9-13-18)19-14-10-7-11-15-19/h6-15,17,22-25H,16,35H2,1-5H3,(H,38,43)(H,39,42)(H,36,37,41)/t22-,23-,25?/m1/s1. The highest BCUT2D eigenvalue weighted by Crippen LogP contribution is 2.32. The van der Waals surface area contributed by atoms with Crippen molar-refractivity contribution in [3.8, 4) is 0 Å². The number of hydrogen-bond acceptors (Lipinski definition) is 12. The molecule has 0 aliphatic carbocycles. The second-order valence-electron chi connectivity index (χ2n) is 12.5. The molecule has 0 spiro atoms. The summed E-state index contributed by atoms with van der Waals surface area (Å²) in [7, 11) is 0. The van der Waals surface area contributed by atoms with Crippen LogP contribution in [-0.4, -0.2) is 74.8 Å². The van der Waals surface area contributed by atoms with E-state index in [0.717, 1.165) is 11.3 Å². The van der Waals surface area contributed by atoms with E-state index < -0.39 is 71.2 Å². The minimum Gasteiger partial charge on any atom is -0.450 e. The fourth-order valence-corrected chi connectivity index (χ4v) is 5.36. The Morgan fingerprint density at radius 1 is 1.00 bits per heavy atom. The Labute approximate surface area is 296 Å². The molecule has 1 aromatic heterocycles. The average molecular weight is 729 g/mol. The van der Waals surface area contributed by atoms with Gasteiger partial charge < -0.3 is 30.2 Å². The molecular weight excluding hydrogens is 692 g/mol. The number of thiazole rings is 1. The summed E-state index contributed by atoms with van der Waals surface area (Å²) >= 11 is 6.55. The lowest BCUT2D eigenvalue weighted by molar-refractivity contribution is -0.182. The summed E-state index contributed by atoms with van der Waals surface area (Å²) in [5.41, 5.74) is -1.46. The molecule has 1 saturated heterocycles. The molecule has 1 aliphatic heterocycles. The van der Waals surface area contributed by atoms with Gasteiger partial charge in [-0.05, 0) is 45.7 Å². The molecule has 2 heterocycles. The number of aromatic nitrogens is 1. The van der Waals surface area contributed by atoms with E-state index >= 15 is 0 Å². The number of carbonyl (C=O) groups excluding carboxylic acids is 6. The Bertz CT molecular complexity index is 1690. The highest BCUT2D eigenvalue weighted by atomic mass is 35.5. The molecule has 5 amide bonds. The summed E-state index contributed by atoms with van der Waals surface area (Å²) in [5.74, 6) is 1.13. The van der Waals surface area contributed by atoms with Gasteiger partial charge in [0, 0.05) is 5.38 Å². The molecule has 5 N–H and O–H groups in total. The van der Waals surface area contributed by atoms with Crippen LogP contribution in [0.4, 0.5) is 9.93 Å². The number of nitrogens with two attached hydrogens (primary N) is 1. The van der Waals surface area contributed by atoms with Crippen LogP contribution in [0.3, 0.4) is 0 Å².